The Bertz CT molecular complexity index is 953. The van der Waals surface area contributed by atoms with Crippen LogP contribution in [-0.2, 0) is 16.7 Å². The number of aliphatic hydroxyl groups is 1. The zero-order valence-electron chi connectivity index (χ0n) is 19.8. The van der Waals surface area contributed by atoms with Gasteiger partial charge in [0.05, 0.1) is 21.5 Å². The summed E-state index contributed by atoms with van der Waals surface area (Å²) in [5.74, 6) is -1.41. The normalized spacial score (nSPS) is 17.7. The predicted octanol–water partition coefficient (Wildman–Crippen LogP) is 6.03. The smallest absolute Gasteiger partial charge is 0.407 e. The lowest BCUT2D eigenvalue weighted by atomic mass is 9.80. The van der Waals surface area contributed by atoms with E-state index in [1.165, 1.54) is 23.4 Å². The maximum Gasteiger partial charge on any atom is 0.407 e. The fourth-order valence-electron chi connectivity index (χ4n) is 4.40. The minimum absolute atomic E-state index is 0.0499. The van der Waals surface area contributed by atoms with Crippen molar-refractivity contribution in [1.82, 2.24) is 10.6 Å². The van der Waals surface area contributed by atoms with E-state index in [-0.39, 0.29) is 18.5 Å². The first-order chi connectivity index (χ1) is 16.0. The van der Waals surface area contributed by atoms with Gasteiger partial charge in [-0.25, -0.2) is 13.6 Å². The van der Waals surface area contributed by atoms with Crippen LogP contribution in [0.25, 0.3) is 0 Å². The number of alkyl carbamates (subject to hydrolysis) is 1. The number of thiophene rings is 1. The van der Waals surface area contributed by atoms with Crippen LogP contribution in [0.1, 0.15) is 63.3 Å². The van der Waals surface area contributed by atoms with Crippen molar-refractivity contribution in [2.75, 3.05) is 6.54 Å². The van der Waals surface area contributed by atoms with Gasteiger partial charge in [-0.3, -0.25) is 0 Å². The number of rotatable bonds is 8. The van der Waals surface area contributed by atoms with E-state index in [9.17, 15) is 18.7 Å². The molecule has 9 heteroatoms. The molecule has 2 aromatic rings. The number of benzene rings is 1. The third-order valence-electron chi connectivity index (χ3n) is 5.95. The Morgan fingerprint density at radius 1 is 1.18 bits per heavy atom. The summed E-state index contributed by atoms with van der Waals surface area (Å²) in [6.45, 7) is 5.43. The standard InChI is InChI=1S/C25H33BrF2N2O3S/c1-24(2,3)33-23(32)30-19(13-16-11-17(27)14-18(28)12-16)20(31)15-29-25(9-5-4-6-10-25)21-7-8-22(26)34-21/h7-8,11-12,14,19-20,29,31H,4-6,9-10,13,15H2,1-3H3,(H,30,32). The highest BCUT2D eigenvalue weighted by molar-refractivity contribution is 9.11. The molecule has 1 aromatic heterocycles. The van der Waals surface area contributed by atoms with Crippen LogP contribution >= 0.6 is 27.3 Å². The highest BCUT2D eigenvalue weighted by Gasteiger charge is 2.36. The minimum Gasteiger partial charge on any atom is -0.444 e. The summed E-state index contributed by atoms with van der Waals surface area (Å²) in [5, 5.41) is 17.4. The molecule has 3 N–H and O–H groups in total. The van der Waals surface area contributed by atoms with Gasteiger partial charge in [0, 0.05) is 17.5 Å². The molecule has 0 spiro atoms. The molecule has 1 aromatic carbocycles. The van der Waals surface area contributed by atoms with Crippen molar-refractivity contribution in [2.45, 2.75) is 82.6 Å². The molecule has 188 valence electrons. The Labute approximate surface area is 212 Å². The van der Waals surface area contributed by atoms with Crippen LogP contribution in [-0.4, -0.2) is 35.5 Å². The van der Waals surface area contributed by atoms with E-state index >= 15 is 0 Å². The first-order valence-electron chi connectivity index (χ1n) is 11.6. The number of hydrogen-bond donors (Lipinski definition) is 3. The van der Waals surface area contributed by atoms with Crippen molar-refractivity contribution >= 4 is 33.4 Å². The lowest BCUT2D eigenvalue weighted by Gasteiger charge is -2.39. The number of ether oxygens (including phenoxy) is 1. The molecule has 2 unspecified atom stereocenters. The molecule has 0 radical (unpaired) electrons. The SMILES string of the molecule is CC(C)(C)OC(=O)NC(Cc1cc(F)cc(F)c1)C(O)CNC1(c2ccc(Br)s2)CCCCC1. The highest BCUT2D eigenvalue weighted by Crippen LogP contribution is 2.41. The van der Waals surface area contributed by atoms with Crippen molar-refractivity contribution in [3.63, 3.8) is 0 Å². The highest BCUT2D eigenvalue weighted by atomic mass is 79.9. The third kappa shape index (κ3) is 7.73. The van der Waals surface area contributed by atoms with Crippen LogP contribution in [0, 0.1) is 11.6 Å². The van der Waals surface area contributed by atoms with Crippen molar-refractivity contribution in [2.24, 2.45) is 0 Å². The average Bonchev–Trinajstić information content (AvgIpc) is 3.17. The topological polar surface area (TPSA) is 70.6 Å². The van der Waals surface area contributed by atoms with Gasteiger partial charge in [0.1, 0.15) is 17.2 Å². The summed E-state index contributed by atoms with van der Waals surface area (Å²) < 4.78 is 33.9. The maximum atomic E-state index is 13.8. The Kier molecular flexibility index (Phi) is 9.11. The number of carbonyl (C=O) groups excluding carboxylic acids is 1. The van der Waals surface area contributed by atoms with Crippen LogP contribution < -0.4 is 10.6 Å². The third-order valence-corrected chi connectivity index (χ3v) is 7.77. The van der Waals surface area contributed by atoms with Gasteiger partial charge in [-0.05, 0) is 85.8 Å². The Hall–Kier alpha value is -1.55. The molecule has 34 heavy (non-hydrogen) atoms. The zero-order valence-corrected chi connectivity index (χ0v) is 22.2. The molecular formula is C25H33BrF2N2O3S. The molecule has 2 atom stereocenters. The van der Waals surface area contributed by atoms with Gasteiger partial charge in [-0.2, -0.15) is 0 Å². The molecule has 1 saturated carbocycles. The van der Waals surface area contributed by atoms with E-state index in [0.29, 0.717) is 5.56 Å². The number of hydrogen-bond acceptors (Lipinski definition) is 5. The second-order valence-corrected chi connectivity index (χ2v) is 12.4. The second-order valence-electron chi connectivity index (χ2n) is 9.93. The summed E-state index contributed by atoms with van der Waals surface area (Å²) in [7, 11) is 0. The van der Waals surface area contributed by atoms with Crippen LogP contribution in [0.15, 0.2) is 34.1 Å². The lowest BCUT2D eigenvalue weighted by Crippen LogP contribution is -2.53. The molecule has 1 aliphatic carbocycles. The quantitative estimate of drug-likeness (QED) is 0.369. The number of carbonyl (C=O) groups is 1. The molecule has 5 nitrogen and oxygen atoms in total. The number of nitrogens with one attached hydrogen (secondary N) is 2. The van der Waals surface area contributed by atoms with Crippen LogP contribution in [0.3, 0.4) is 0 Å². The summed E-state index contributed by atoms with van der Waals surface area (Å²) in [6, 6.07) is 6.53. The first kappa shape index (κ1) is 27.0. The van der Waals surface area contributed by atoms with Crippen molar-refractivity contribution in [1.29, 1.82) is 0 Å². The van der Waals surface area contributed by atoms with Crippen molar-refractivity contribution < 1.29 is 23.4 Å². The molecule has 0 aliphatic heterocycles. The zero-order chi connectivity index (χ0) is 24.9. The molecule has 0 bridgehead atoms. The van der Waals surface area contributed by atoms with Gasteiger partial charge in [0.2, 0.25) is 0 Å². The first-order valence-corrected chi connectivity index (χ1v) is 13.2. The van der Waals surface area contributed by atoms with E-state index in [1.807, 2.05) is 6.07 Å². The summed E-state index contributed by atoms with van der Waals surface area (Å²) in [6.07, 6.45) is 3.59. The Morgan fingerprint density at radius 3 is 2.38 bits per heavy atom. The van der Waals surface area contributed by atoms with Crippen LogP contribution in [0.4, 0.5) is 13.6 Å². The van der Waals surface area contributed by atoms with Crippen molar-refractivity contribution in [3.8, 4) is 0 Å². The van der Waals surface area contributed by atoms with Gasteiger partial charge >= 0.3 is 6.09 Å². The summed E-state index contributed by atoms with van der Waals surface area (Å²) >= 11 is 5.22. The number of amides is 1. The van der Waals surface area contributed by atoms with E-state index < -0.39 is 35.5 Å². The molecule has 1 amide bonds. The predicted molar refractivity (Wildman–Crippen MR) is 134 cm³/mol. The minimum atomic E-state index is -1.01. The molecule has 3 rings (SSSR count). The van der Waals surface area contributed by atoms with E-state index in [0.717, 1.165) is 35.5 Å². The molecule has 1 fully saturated rings. The number of halogens is 3. The molecular weight excluding hydrogens is 526 g/mol. The number of aliphatic hydroxyl groups excluding tert-OH is 1. The summed E-state index contributed by atoms with van der Waals surface area (Å²) in [4.78, 5) is 13.7. The van der Waals surface area contributed by atoms with Gasteiger partial charge in [-0.15, -0.1) is 11.3 Å². The molecule has 1 aliphatic rings. The fraction of sp³-hybridized carbons (Fsp3) is 0.560. The lowest BCUT2D eigenvalue weighted by molar-refractivity contribution is 0.0408. The molecule has 0 saturated heterocycles. The monoisotopic (exact) mass is 558 g/mol. The van der Waals surface area contributed by atoms with Gasteiger partial charge in [-0.1, -0.05) is 19.3 Å². The molecule has 1 heterocycles. The van der Waals surface area contributed by atoms with Crippen LogP contribution in [0.5, 0.6) is 0 Å². The van der Waals surface area contributed by atoms with E-state index in [4.69, 9.17) is 4.74 Å². The van der Waals surface area contributed by atoms with Gasteiger partial charge < -0.3 is 20.5 Å². The summed E-state index contributed by atoms with van der Waals surface area (Å²) in [5.41, 5.74) is -0.633. The second kappa shape index (κ2) is 11.5. The maximum absolute atomic E-state index is 13.8. The van der Waals surface area contributed by atoms with Crippen LogP contribution in [0.2, 0.25) is 0 Å². The Morgan fingerprint density at radius 2 is 1.82 bits per heavy atom. The van der Waals surface area contributed by atoms with Gasteiger partial charge in [0.25, 0.3) is 0 Å². The van der Waals surface area contributed by atoms with Gasteiger partial charge in [0.15, 0.2) is 0 Å². The van der Waals surface area contributed by atoms with E-state index in [1.54, 1.807) is 32.1 Å². The average molecular weight is 560 g/mol. The Balaban J connectivity index is 1.77. The van der Waals surface area contributed by atoms with Crippen molar-refractivity contribution in [3.05, 3.63) is 56.2 Å². The fourth-order valence-corrected chi connectivity index (χ4v) is 6.01. The van der Waals surface area contributed by atoms with E-state index in [2.05, 4.69) is 32.6 Å². The largest absolute Gasteiger partial charge is 0.444 e.